The Morgan fingerprint density at radius 3 is 1.20 bits per heavy atom. The summed E-state index contributed by atoms with van der Waals surface area (Å²) in [4.78, 5) is 40.5. The molecule has 0 radical (unpaired) electrons. The fourth-order valence-corrected chi connectivity index (χ4v) is 10.9. The van der Waals surface area contributed by atoms with Crippen molar-refractivity contribution < 1.29 is 37.1 Å². The van der Waals surface area contributed by atoms with Crippen LogP contribution in [0.25, 0.3) is 0 Å². The van der Waals surface area contributed by atoms with E-state index in [2.05, 4.69) is 69.0 Å². The van der Waals surface area contributed by atoms with Crippen molar-refractivity contribution in [3.63, 3.8) is 0 Å². The predicted octanol–water partition coefficient (Wildman–Crippen LogP) is 9.05. The van der Waals surface area contributed by atoms with E-state index in [0.717, 1.165) is 63.2 Å². The first-order chi connectivity index (χ1) is 27.0. The number of amides is 2. The molecule has 4 atom stereocenters. The Hall–Kier alpha value is -4.16. The number of fused-ring (bicyclic) bond motifs is 10. The van der Waals surface area contributed by atoms with Gasteiger partial charge in [0.1, 0.15) is 0 Å². The monoisotopic (exact) mass is 774 g/mol. The van der Waals surface area contributed by atoms with Crippen LogP contribution in [0.4, 0.5) is 13.2 Å². The number of carboxylic acid groups (broad SMARTS) is 1. The third kappa shape index (κ3) is 8.14. The molecule has 2 amide bonds. The first-order valence-corrected chi connectivity index (χ1v) is 20.7. The first-order valence-electron chi connectivity index (χ1n) is 20.7. The van der Waals surface area contributed by atoms with Crippen LogP contribution in [0.2, 0.25) is 0 Å². The van der Waals surface area contributed by atoms with Gasteiger partial charge in [0.25, 0.3) is 11.8 Å². The van der Waals surface area contributed by atoms with Crippen LogP contribution in [0.1, 0.15) is 157 Å². The van der Waals surface area contributed by atoms with Gasteiger partial charge in [-0.1, -0.05) is 48.5 Å². The fourth-order valence-electron chi connectivity index (χ4n) is 10.9. The number of rotatable bonds is 10. The summed E-state index contributed by atoms with van der Waals surface area (Å²) in [5.41, 5.74) is 6.25. The van der Waals surface area contributed by atoms with Crippen molar-refractivity contribution in [2.24, 2.45) is 11.8 Å². The number of hydrogen-bond acceptors (Lipinski definition) is 6. The van der Waals surface area contributed by atoms with Crippen molar-refractivity contribution in [2.45, 2.75) is 132 Å². The third-order valence-corrected chi connectivity index (χ3v) is 13.7. The minimum Gasteiger partial charge on any atom is -0.475 e. The summed E-state index contributed by atoms with van der Waals surface area (Å²) in [6.45, 7) is 2.36. The van der Waals surface area contributed by atoms with E-state index < -0.39 is 12.1 Å². The van der Waals surface area contributed by atoms with Gasteiger partial charge in [-0.2, -0.15) is 13.2 Å². The highest BCUT2D eigenvalue weighted by Crippen LogP contribution is 2.54. The van der Waals surface area contributed by atoms with Gasteiger partial charge in [-0.05, 0) is 149 Å². The van der Waals surface area contributed by atoms with Crippen LogP contribution in [-0.4, -0.2) is 64.0 Å². The van der Waals surface area contributed by atoms with Crippen molar-refractivity contribution in [1.82, 2.24) is 20.4 Å². The molecule has 3 aromatic rings. The SMILES string of the molecule is O=C(NC1CCC(CCN2[C@@H]3CC[C@H]2c2ccccc23)CC1)c1ccc(C(=O)NC2CCC(CCN3[C@@H]4CC[C@H]3c3ccccc34)CC2)o1.O=C(O)C(F)(F)F. The van der Waals surface area contributed by atoms with Crippen molar-refractivity contribution >= 4 is 17.8 Å². The Balaban J connectivity index is 0.000000579. The molecule has 3 N–H and O–H groups in total. The van der Waals surface area contributed by atoms with Gasteiger partial charge >= 0.3 is 12.1 Å². The Kier molecular flexibility index (Phi) is 11.3. The van der Waals surface area contributed by atoms with Crippen LogP contribution in [0.15, 0.2) is 65.1 Å². The summed E-state index contributed by atoms with van der Waals surface area (Å²) in [5.74, 6) is -1.25. The molecule has 9 rings (SSSR count). The van der Waals surface area contributed by atoms with Crippen molar-refractivity contribution in [1.29, 1.82) is 0 Å². The predicted molar refractivity (Wildman–Crippen MR) is 204 cm³/mol. The summed E-state index contributed by atoms with van der Waals surface area (Å²) < 4.78 is 37.5. The molecule has 0 unspecified atom stereocenters. The number of carbonyl (C=O) groups excluding carboxylic acids is 2. The van der Waals surface area contributed by atoms with E-state index in [-0.39, 0.29) is 35.4 Å². The van der Waals surface area contributed by atoms with Crippen LogP contribution in [0, 0.1) is 11.8 Å². The molecule has 2 saturated carbocycles. The van der Waals surface area contributed by atoms with E-state index in [4.69, 9.17) is 14.3 Å². The fraction of sp³-hybridized carbons (Fsp3) is 0.568. The van der Waals surface area contributed by atoms with Gasteiger partial charge in [-0.15, -0.1) is 0 Å². The molecule has 6 aliphatic rings. The van der Waals surface area contributed by atoms with Gasteiger partial charge in [0, 0.05) is 36.3 Å². The maximum Gasteiger partial charge on any atom is 0.490 e. The van der Waals surface area contributed by atoms with E-state index >= 15 is 0 Å². The lowest BCUT2D eigenvalue weighted by molar-refractivity contribution is -0.192. The van der Waals surface area contributed by atoms with Crippen molar-refractivity contribution in [3.8, 4) is 0 Å². The summed E-state index contributed by atoms with van der Waals surface area (Å²) in [5, 5.41) is 13.5. The van der Waals surface area contributed by atoms with Crippen molar-refractivity contribution in [2.75, 3.05) is 13.1 Å². The number of nitrogens with zero attached hydrogens (tertiary/aromatic N) is 2. The zero-order valence-corrected chi connectivity index (χ0v) is 31.8. The highest BCUT2D eigenvalue weighted by Gasteiger charge is 2.44. The number of carbonyl (C=O) groups is 3. The molecule has 9 nitrogen and oxygen atoms in total. The molecular weight excluding hydrogens is 722 g/mol. The van der Waals surface area contributed by atoms with E-state index in [0.29, 0.717) is 24.2 Å². The van der Waals surface area contributed by atoms with E-state index in [1.165, 1.54) is 51.6 Å². The number of furan rings is 1. The molecule has 4 bridgehead atoms. The summed E-state index contributed by atoms with van der Waals surface area (Å²) in [6, 6.07) is 24.2. The standard InChI is InChI=1S/C42H52N4O3.C2HF3O2/c47-41(43-29-13-9-27(10-14-29)23-25-45-35-17-18-36(45)32-6-2-1-5-31(32)35)39-21-22-40(49-39)42(48)44-30-15-11-28(12-16-30)24-26-46-37-19-20-38(46)34-8-4-3-7-33(34)37;3-2(4,5)1(6)7/h1-8,21-22,27-30,35-38H,9-20,23-26H2,(H,43,47)(H,44,48);(H,6,7)/t27?,28?,29?,30?,35-,36+,37-,38+;. The molecule has 2 aliphatic carbocycles. The van der Waals surface area contributed by atoms with E-state index in [1.54, 1.807) is 34.4 Å². The zero-order valence-electron chi connectivity index (χ0n) is 31.8. The summed E-state index contributed by atoms with van der Waals surface area (Å²) >= 11 is 0. The molecule has 5 heterocycles. The molecule has 2 saturated heterocycles. The second-order valence-corrected chi connectivity index (χ2v) is 16.9. The lowest BCUT2D eigenvalue weighted by Gasteiger charge is -2.31. The molecule has 56 heavy (non-hydrogen) atoms. The van der Waals surface area contributed by atoms with Crippen LogP contribution in [-0.2, 0) is 4.79 Å². The van der Waals surface area contributed by atoms with Crippen LogP contribution < -0.4 is 10.6 Å². The number of hydrogen-bond donors (Lipinski definition) is 3. The minimum atomic E-state index is -5.08. The Morgan fingerprint density at radius 1 is 0.571 bits per heavy atom. The van der Waals surface area contributed by atoms with Gasteiger partial charge in [0.05, 0.1) is 0 Å². The minimum absolute atomic E-state index is 0.171. The summed E-state index contributed by atoms with van der Waals surface area (Å²) in [6.07, 6.45) is 11.3. The number of carboxylic acids is 1. The quantitative estimate of drug-likeness (QED) is 0.188. The maximum absolute atomic E-state index is 13.1. The topological polar surface area (TPSA) is 115 Å². The van der Waals surface area contributed by atoms with Gasteiger partial charge in [0.15, 0.2) is 11.5 Å². The molecule has 12 heteroatoms. The highest BCUT2D eigenvalue weighted by molar-refractivity contribution is 5.95. The molecule has 4 aliphatic heterocycles. The average Bonchev–Trinajstić information content (AvgIpc) is 4.04. The second-order valence-electron chi connectivity index (χ2n) is 16.9. The number of nitrogens with one attached hydrogen (secondary N) is 2. The average molecular weight is 775 g/mol. The Bertz CT molecular complexity index is 1700. The maximum atomic E-state index is 13.1. The third-order valence-electron chi connectivity index (χ3n) is 13.7. The number of benzene rings is 2. The lowest BCUT2D eigenvalue weighted by atomic mass is 9.84. The molecular formula is C44H53F3N4O5. The normalized spacial score (nSPS) is 29.3. The van der Waals surface area contributed by atoms with Crippen LogP contribution in [0.3, 0.4) is 0 Å². The second kappa shape index (κ2) is 16.4. The number of halogens is 3. The smallest absolute Gasteiger partial charge is 0.475 e. The largest absolute Gasteiger partial charge is 0.490 e. The van der Waals surface area contributed by atoms with Gasteiger partial charge in [-0.3, -0.25) is 19.4 Å². The highest BCUT2D eigenvalue weighted by atomic mass is 19.4. The lowest BCUT2D eigenvalue weighted by Crippen LogP contribution is -2.38. The van der Waals surface area contributed by atoms with Gasteiger partial charge in [0.2, 0.25) is 0 Å². The van der Waals surface area contributed by atoms with E-state index in [1.807, 2.05) is 0 Å². The Labute approximate surface area is 326 Å². The first kappa shape index (κ1) is 38.7. The molecule has 2 aromatic carbocycles. The van der Waals surface area contributed by atoms with E-state index in [9.17, 15) is 22.8 Å². The van der Waals surface area contributed by atoms with Gasteiger partial charge in [-0.25, -0.2) is 4.79 Å². The van der Waals surface area contributed by atoms with Crippen LogP contribution >= 0.6 is 0 Å². The number of alkyl halides is 3. The molecule has 0 spiro atoms. The van der Waals surface area contributed by atoms with Crippen molar-refractivity contribution in [3.05, 3.63) is 94.4 Å². The summed E-state index contributed by atoms with van der Waals surface area (Å²) in [7, 11) is 0. The Morgan fingerprint density at radius 2 is 0.893 bits per heavy atom. The molecule has 300 valence electrons. The molecule has 1 aromatic heterocycles. The zero-order chi connectivity index (χ0) is 39.0. The van der Waals surface area contributed by atoms with Gasteiger partial charge < -0.3 is 20.2 Å². The van der Waals surface area contributed by atoms with Crippen LogP contribution in [0.5, 0.6) is 0 Å². The molecule has 4 fully saturated rings. The number of aliphatic carboxylic acids is 1.